The van der Waals surface area contributed by atoms with Crippen molar-refractivity contribution in [1.82, 2.24) is 4.90 Å². The second kappa shape index (κ2) is 5.07. The van der Waals surface area contributed by atoms with E-state index in [-0.39, 0.29) is 6.04 Å². The van der Waals surface area contributed by atoms with Crippen LogP contribution in [0.15, 0.2) is 42.5 Å². The molecule has 0 bridgehead atoms. The lowest BCUT2D eigenvalue weighted by atomic mass is 9.90. The Kier molecular flexibility index (Phi) is 3.28. The van der Waals surface area contributed by atoms with Crippen LogP contribution in [0.3, 0.4) is 0 Å². The minimum Gasteiger partial charge on any atom is -0.300 e. The number of carbonyl (C=O) groups is 1. The van der Waals surface area contributed by atoms with Gasteiger partial charge in [-0.05, 0) is 24.9 Å². The van der Waals surface area contributed by atoms with Gasteiger partial charge in [-0.1, -0.05) is 42.5 Å². The molecule has 0 N–H and O–H groups in total. The molecule has 3 rings (SSSR count). The van der Waals surface area contributed by atoms with Gasteiger partial charge in [0.25, 0.3) is 0 Å². The van der Waals surface area contributed by atoms with Crippen LogP contribution in [0.25, 0.3) is 0 Å². The summed E-state index contributed by atoms with van der Waals surface area (Å²) in [5.74, 6) is 0.400. The van der Waals surface area contributed by atoms with Crippen LogP contribution in [-0.2, 0) is 4.79 Å². The van der Waals surface area contributed by atoms with Crippen LogP contribution in [0.4, 0.5) is 0 Å². The average molecular weight is 241 g/mol. The number of carbonyl (C=O) groups excluding carboxylic acids is 1. The summed E-state index contributed by atoms with van der Waals surface area (Å²) in [7, 11) is 0. The molecule has 0 unspecified atom stereocenters. The van der Waals surface area contributed by atoms with Gasteiger partial charge >= 0.3 is 0 Å². The minimum atomic E-state index is 0.278. The summed E-state index contributed by atoms with van der Waals surface area (Å²) < 4.78 is 0. The van der Waals surface area contributed by atoms with Crippen LogP contribution in [-0.4, -0.2) is 23.3 Å². The standard InChI is InChI=1S/C16H19NO/c18-15-11-14-9-5-2-6-10-17(14)16(12-15)13-7-3-1-4-8-13/h1,3-5,7-9,14,16H,2,6,10-12H2/t14-,16+/m1/s1. The van der Waals surface area contributed by atoms with Gasteiger partial charge in [-0.25, -0.2) is 0 Å². The molecular formula is C16H19NO. The molecule has 94 valence electrons. The van der Waals surface area contributed by atoms with Gasteiger partial charge in [0.15, 0.2) is 0 Å². The Hall–Kier alpha value is -1.41. The molecule has 2 atom stereocenters. The SMILES string of the molecule is O=C1C[C@H]2C=CCCCN2[C@H](c2ccccc2)C1. The van der Waals surface area contributed by atoms with Gasteiger partial charge in [-0.2, -0.15) is 0 Å². The van der Waals surface area contributed by atoms with E-state index in [0.29, 0.717) is 24.7 Å². The summed E-state index contributed by atoms with van der Waals surface area (Å²) in [6, 6.07) is 11.1. The van der Waals surface area contributed by atoms with Gasteiger partial charge in [0, 0.05) is 24.9 Å². The Bertz CT molecular complexity index is 451. The Balaban J connectivity index is 1.92. The Morgan fingerprint density at radius 3 is 2.78 bits per heavy atom. The van der Waals surface area contributed by atoms with E-state index in [1.54, 1.807) is 0 Å². The third-order valence-electron chi connectivity index (χ3n) is 4.01. The second-order valence-corrected chi connectivity index (χ2v) is 5.25. The number of nitrogens with zero attached hydrogens (tertiary/aromatic N) is 1. The maximum atomic E-state index is 12.0. The van der Waals surface area contributed by atoms with Crippen LogP contribution in [0, 0.1) is 0 Å². The van der Waals surface area contributed by atoms with Crippen molar-refractivity contribution >= 4 is 5.78 Å². The average Bonchev–Trinajstić information content (AvgIpc) is 2.64. The van der Waals surface area contributed by atoms with Crippen molar-refractivity contribution in [3.8, 4) is 0 Å². The molecular weight excluding hydrogens is 222 g/mol. The van der Waals surface area contributed by atoms with Crippen molar-refractivity contribution in [3.63, 3.8) is 0 Å². The molecule has 0 aliphatic carbocycles. The summed E-state index contributed by atoms with van der Waals surface area (Å²) >= 11 is 0. The van der Waals surface area contributed by atoms with E-state index in [9.17, 15) is 4.79 Å². The Morgan fingerprint density at radius 2 is 1.94 bits per heavy atom. The first-order valence-electron chi connectivity index (χ1n) is 6.83. The van der Waals surface area contributed by atoms with Gasteiger partial charge in [0.05, 0.1) is 0 Å². The summed E-state index contributed by atoms with van der Waals surface area (Å²) in [4.78, 5) is 14.5. The maximum absolute atomic E-state index is 12.0. The van der Waals surface area contributed by atoms with Gasteiger partial charge in [0.2, 0.25) is 0 Å². The number of Topliss-reactive ketones (excluding diaryl/α,β-unsaturated/α-hetero) is 1. The number of hydrogen-bond acceptors (Lipinski definition) is 2. The number of hydrogen-bond donors (Lipinski definition) is 0. The van der Waals surface area contributed by atoms with E-state index < -0.39 is 0 Å². The molecule has 1 saturated heterocycles. The largest absolute Gasteiger partial charge is 0.300 e. The molecule has 2 aliphatic rings. The fourth-order valence-electron chi connectivity index (χ4n) is 3.13. The number of fused-ring (bicyclic) bond motifs is 1. The summed E-state index contributed by atoms with van der Waals surface area (Å²) in [5, 5.41) is 0. The molecule has 0 saturated carbocycles. The third-order valence-corrected chi connectivity index (χ3v) is 4.01. The van der Waals surface area contributed by atoms with E-state index in [1.165, 1.54) is 12.0 Å². The van der Waals surface area contributed by atoms with E-state index in [0.717, 1.165) is 13.0 Å². The molecule has 0 amide bonds. The highest BCUT2D eigenvalue weighted by Crippen LogP contribution is 2.34. The first kappa shape index (κ1) is 11.7. The molecule has 0 spiro atoms. The van der Waals surface area contributed by atoms with Crippen molar-refractivity contribution in [2.24, 2.45) is 0 Å². The minimum absolute atomic E-state index is 0.278. The van der Waals surface area contributed by atoms with E-state index in [1.807, 2.05) is 6.07 Å². The van der Waals surface area contributed by atoms with Crippen LogP contribution in [0.1, 0.15) is 37.3 Å². The van der Waals surface area contributed by atoms with Crippen LogP contribution in [0.2, 0.25) is 0 Å². The number of allylic oxidation sites excluding steroid dienone is 1. The summed E-state index contributed by atoms with van der Waals surface area (Å²) in [5.41, 5.74) is 1.28. The molecule has 2 heteroatoms. The van der Waals surface area contributed by atoms with Gasteiger partial charge < -0.3 is 0 Å². The van der Waals surface area contributed by atoms with Crippen LogP contribution in [0.5, 0.6) is 0 Å². The Morgan fingerprint density at radius 1 is 1.11 bits per heavy atom. The smallest absolute Gasteiger partial charge is 0.136 e. The number of ketones is 1. The first-order valence-corrected chi connectivity index (χ1v) is 6.83. The fraction of sp³-hybridized carbons (Fsp3) is 0.438. The van der Waals surface area contributed by atoms with Crippen molar-refractivity contribution in [2.45, 2.75) is 37.8 Å². The Labute approximate surface area is 108 Å². The highest BCUT2D eigenvalue weighted by atomic mass is 16.1. The summed E-state index contributed by atoms with van der Waals surface area (Å²) in [6.45, 7) is 1.10. The van der Waals surface area contributed by atoms with Gasteiger partial charge in [-0.15, -0.1) is 0 Å². The number of rotatable bonds is 1. The second-order valence-electron chi connectivity index (χ2n) is 5.25. The quantitative estimate of drug-likeness (QED) is 0.704. The normalized spacial score (nSPS) is 28.8. The molecule has 18 heavy (non-hydrogen) atoms. The predicted molar refractivity (Wildman–Crippen MR) is 72.3 cm³/mol. The van der Waals surface area contributed by atoms with Crippen molar-refractivity contribution < 1.29 is 4.79 Å². The van der Waals surface area contributed by atoms with E-state index >= 15 is 0 Å². The van der Waals surface area contributed by atoms with Gasteiger partial charge in [0.1, 0.15) is 5.78 Å². The molecule has 1 aromatic carbocycles. The number of piperidine rings is 1. The molecule has 2 nitrogen and oxygen atoms in total. The van der Waals surface area contributed by atoms with Crippen LogP contribution >= 0.6 is 0 Å². The lowest BCUT2D eigenvalue weighted by Gasteiger charge is -2.40. The highest BCUT2D eigenvalue weighted by Gasteiger charge is 2.34. The first-order chi connectivity index (χ1) is 8.84. The molecule has 2 aliphatic heterocycles. The topological polar surface area (TPSA) is 20.3 Å². The molecule has 2 heterocycles. The van der Waals surface area contributed by atoms with Crippen LogP contribution < -0.4 is 0 Å². The molecule has 0 radical (unpaired) electrons. The lowest BCUT2D eigenvalue weighted by molar-refractivity contribution is -0.124. The maximum Gasteiger partial charge on any atom is 0.136 e. The van der Waals surface area contributed by atoms with Crippen molar-refractivity contribution in [1.29, 1.82) is 0 Å². The number of benzene rings is 1. The molecule has 0 aromatic heterocycles. The fourth-order valence-corrected chi connectivity index (χ4v) is 3.13. The van der Waals surface area contributed by atoms with Gasteiger partial charge in [-0.3, -0.25) is 9.69 Å². The predicted octanol–water partition coefficient (Wildman–Crippen LogP) is 3.11. The van der Waals surface area contributed by atoms with E-state index in [4.69, 9.17) is 0 Å². The van der Waals surface area contributed by atoms with E-state index in [2.05, 4.69) is 41.3 Å². The lowest BCUT2D eigenvalue weighted by Crippen LogP contribution is -2.43. The molecule has 1 aromatic rings. The zero-order chi connectivity index (χ0) is 12.4. The zero-order valence-electron chi connectivity index (χ0n) is 10.6. The van der Waals surface area contributed by atoms with Crippen molar-refractivity contribution in [2.75, 3.05) is 6.54 Å². The summed E-state index contributed by atoms with van der Waals surface area (Å²) in [6.07, 6.45) is 8.19. The van der Waals surface area contributed by atoms with Crippen molar-refractivity contribution in [3.05, 3.63) is 48.0 Å². The third kappa shape index (κ3) is 2.25. The highest BCUT2D eigenvalue weighted by molar-refractivity contribution is 5.81. The monoisotopic (exact) mass is 241 g/mol. The zero-order valence-corrected chi connectivity index (χ0v) is 10.6. The molecule has 1 fully saturated rings.